The summed E-state index contributed by atoms with van der Waals surface area (Å²) in [5.41, 5.74) is 0.898. The summed E-state index contributed by atoms with van der Waals surface area (Å²) in [5.74, 6) is -2.50. The summed E-state index contributed by atoms with van der Waals surface area (Å²) in [6.45, 7) is 4.68. The van der Waals surface area contributed by atoms with E-state index in [1.165, 1.54) is 16.7 Å². The molecule has 6 amide bonds. The predicted octanol–water partition coefficient (Wildman–Crippen LogP) is -0.282. The molecular weight excluding hydrogens is 560 g/mol. The highest BCUT2D eigenvalue weighted by molar-refractivity contribution is 7.98. The van der Waals surface area contributed by atoms with Crippen molar-refractivity contribution >= 4 is 47.2 Å². The highest BCUT2D eigenvalue weighted by Crippen LogP contribution is 2.13. The van der Waals surface area contributed by atoms with Gasteiger partial charge in [0.1, 0.15) is 24.2 Å². The van der Waals surface area contributed by atoms with E-state index >= 15 is 0 Å². The van der Waals surface area contributed by atoms with Gasteiger partial charge in [0.05, 0.1) is 12.6 Å². The number of carbonyl (C=O) groups is 6. The molecule has 0 aliphatic carbocycles. The third-order valence-electron chi connectivity index (χ3n) is 7.31. The third-order valence-corrected chi connectivity index (χ3v) is 7.96. The van der Waals surface area contributed by atoms with E-state index in [1.54, 1.807) is 20.8 Å². The van der Waals surface area contributed by atoms with Gasteiger partial charge in [0.15, 0.2) is 0 Å². The normalized spacial score (nSPS) is 26.4. The number of nitrogens with zero attached hydrogens (tertiary/aromatic N) is 1. The van der Waals surface area contributed by atoms with E-state index in [1.807, 2.05) is 36.6 Å². The molecule has 0 saturated carbocycles. The number of nitrogens with one attached hydrogen (secondary N) is 5. The van der Waals surface area contributed by atoms with Crippen molar-refractivity contribution in [1.29, 1.82) is 0 Å². The molecule has 2 aliphatic heterocycles. The molecule has 0 spiro atoms. The molecule has 2 aliphatic rings. The van der Waals surface area contributed by atoms with Crippen LogP contribution in [0.5, 0.6) is 0 Å². The Balaban J connectivity index is 1.97. The Bertz CT molecular complexity index is 1150. The lowest BCUT2D eigenvalue weighted by Gasteiger charge is -2.31. The fraction of sp³-hybridized carbons (Fsp3) is 0.586. The lowest BCUT2D eigenvalue weighted by atomic mass is 10.0. The molecule has 13 heteroatoms. The van der Waals surface area contributed by atoms with Crippen LogP contribution in [-0.2, 0) is 35.2 Å². The van der Waals surface area contributed by atoms with Gasteiger partial charge in [-0.05, 0) is 49.7 Å². The van der Waals surface area contributed by atoms with Crippen molar-refractivity contribution in [3.8, 4) is 0 Å². The van der Waals surface area contributed by atoms with Gasteiger partial charge in [-0.25, -0.2) is 0 Å². The monoisotopic (exact) mass is 602 g/mol. The number of hydrogen-bond donors (Lipinski definition) is 5. The summed E-state index contributed by atoms with van der Waals surface area (Å²) < 4.78 is 0. The zero-order chi connectivity index (χ0) is 30.8. The Morgan fingerprint density at radius 3 is 2.26 bits per heavy atom. The maximum atomic E-state index is 13.6. The molecule has 5 atom stereocenters. The van der Waals surface area contributed by atoms with Crippen molar-refractivity contribution in [2.24, 2.45) is 5.92 Å². The van der Waals surface area contributed by atoms with Crippen LogP contribution in [0.1, 0.15) is 45.6 Å². The minimum atomic E-state index is -0.965. The maximum absolute atomic E-state index is 13.6. The molecule has 42 heavy (non-hydrogen) atoms. The Morgan fingerprint density at radius 2 is 1.64 bits per heavy atom. The molecule has 0 unspecified atom stereocenters. The van der Waals surface area contributed by atoms with Crippen molar-refractivity contribution in [3.05, 3.63) is 35.9 Å². The highest BCUT2D eigenvalue weighted by atomic mass is 32.2. The first-order valence-electron chi connectivity index (χ1n) is 14.3. The summed E-state index contributed by atoms with van der Waals surface area (Å²) in [6, 6.07) is 5.16. The van der Waals surface area contributed by atoms with Gasteiger partial charge in [-0.2, -0.15) is 11.8 Å². The first-order valence-corrected chi connectivity index (χ1v) is 15.7. The largest absolute Gasteiger partial charge is 0.349 e. The van der Waals surface area contributed by atoms with Crippen LogP contribution < -0.4 is 26.6 Å². The van der Waals surface area contributed by atoms with Gasteiger partial charge in [-0.3, -0.25) is 28.8 Å². The fourth-order valence-electron chi connectivity index (χ4n) is 4.98. The van der Waals surface area contributed by atoms with Crippen molar-refractivity contribution in [2.75, 3.05) is 25.1 Å². The highest BCUT2D eigenvalue weighted by Gasteiger charge is 2.35. The summed E-state index contributed by atoms with van der Waals surface area (Å²) in [4.78, 5) is 79.9. The SMILES string of the molecule is CSCC[C@@H]1NC(=O)[C@H](C(C)C)NC(=O)CN(C(=O)[C@H]2CCC(=O)N2)C[C@@H](Cc2ccccc2)NC(=O)[C@H](C)NC1=O. The fourth-order valence-corrected chi connectivity index (χ4v) is 5.45. The smallest absolute Gasteiger partial charge is 0.245 e. The first-order chi connectivity index (χ1) is 20.0. The molecule has 1 aromatic carbocycles. The molecular formula is C29H42N6O6S. The second kappa shape index (κ2) is 15.6. The van der Waals surface area contributed by atoms with Crippen LogP contribution in [0.15, 0.2) is 30.3 Å². The zero-order valence-electron chi connectivity index (χ0n) is 24.6. The summed E-state index contributed by atoms with van der Waals surface area (Å²) in [7, 11) is 0. The number of carbonyl (C=O) groups excluding carboxylic acids is 6. The van der Waals surface area contributed by atoms with Gasteiger partial charge in [-0.15, -0.1) is 0 Å². The van der Waals surface area contributed by atoms with Crippen molar-refractivity contribution in [3.63, 3.8) is 0 Å². The van der Waals surface area contributed by atoms with E-state index in [0.717, 1.165) is 5.56 Å². The van der Waals surface area contributed by atoms with Gasteiger partial charge < -0.3 is 31.5 Å². The van der Waals surface area contributed by atoms with Crippen LogP contribution in [0.25, 0.3) is 0 Å². The van der Waals surface area contributed by atoms with Crippen LogP contribution in [0.2, 0.25) is 0 Å². The zero-order valence-corrected chi connectivity index (χ0v) is 25.4. The topological polar surface area (TPSA) is 166 Å². The van der Waals surface area contributed by atoms with E-state index in [2.05, 4.69) is 26.6 Å². The molecule has 230 valence electrons. The van der Waals surface area contributed by atoms with E-state index in [9.17, 15) is 28.8 Å². The van der Waals surface area contributed by atoms with Crippen molar-refractivity contribution < 1.29 is 28.8 Å². The predicted molar refractivity (Wildman–Crippen MR) is 159 cm³/mol. The second-order valence-corrected chi connectivity index (χ2v) is 12.1. The third kappa shape index (κ3) is 9.47. The van der Waals surface area contributed by atoms with Gasteiger partial charge in [0, 0.05) is 13.0 Å². The second-order valence-electron chi connectivity index (χ2n) is 11.1. The molecule has 5 N–H and O–H groups in total. The first kappa shape index (κ1) is 32.9. The summed E-state index contributed by atoms with van der Waals surface area (Å²) >= 11 is 1.52. The standard InChI is InChI=1S/C29H42N6O6S/c1-17(2)25-28(40)33-21(12-13-42-4)27(39)30-18(3)26(38)31-20(14-19-8-6-5-7-9-19)15-35(16-24(37)34-25)29(41)22-10-11-23(36)32-22/h5-9,17-18,20-22,25H,10-16H2,1-4H3,(H,30,39)(H,31,38)(H,32,36)(H,33,40)(H,34,37)/t18-,20+,21-,22+,25-/m0/s1. The Hall–Kier alpha value is -3.61. The Kier molecular flexibility index (Phi) is 12.2. The van der Waals surface area contributed by atoms with Gasteiger partial charge >= 0.3 is 0 Å². The molecule has 12 nitrogen and oxygen atoms in total. The van der Waals surface area contributed by atoms with Crippen molar-refractivity contribution in [2.45, 2.75) is 76.7 Å². The molecule has 2 saturated heterocycles. The quantitative estimate of drug-likeness (QED) is 0.286. The minimum Gasteiger partial charge on any atom is -0.349 e. The minimum absolute atomic E-state index is 0.0329. The molecule has 1 aromatic rings. The Labute approximate surface area is 250 Å². The Morgan fingerprint density at radius 1 is 0.929 bits per heavy atom. The average Bonchev–Trinajstić information content (AvgIpc) is 3.38. The van der Waals surface area contributed by atoms with Crippen LogP contribution in [0.4, 0.5) is 0 Å². The van der Waals surface area contributed by atoms with Crippen molar-refractivity contribution in [1.82, 2.24) is 31.5 Å². The van der Waals surface area contributed by atoms with Crippen LogP contribution in [-0.4, -0.2) is 95.7 Å². The van der Waals surface area contributed by atoms with Crippen LogP contribution >= 0.6 is 11.8 Å². The maximum Gasteiger partial charge on any atom is 0.245 e. The van der Waals surface area contributed by atoms with E-state index in [0.29, 0.717) is 25.0 Å². The van der Waals surface area contributed by atoms with E-state index < -0.39 is 59.7 Å². The molecule has 0 radical (unpaired) electrons. The number of thioether (sulfide) groups is 1. The van der Waals surface area contributed by atoms with E-state index in [4.69, 9.17) is 0 Å². The van der Waals surface area contributed by atoms with Gasteiger partial charge in [0.2, 0.25) is 35.4 Å². The van der Waals surface area contributed by atoms with Gasteiger partial charge in [0.25, 0.3) is 0 Å². The van der Waals surface area contributed by atoms with Crippen LogP contribution in [0, 0.1) is 5.92 Å². The number of benzene rings is 1. The molecule has 2 heterocycles. The number of rotatable bonds is 7. The number of amides is 6. The number of hydrogen-bond acceptors (Lipinski definition) is 7. The van der Waals surface area contributed by atoms with E-state index in [-0.39, 0.29) is 31.3 Å². The molecule has 0 bridgehead atoms. The van der Waals surface area contributed by atoms with Gasteiger partial charge in [-0.1, -0.05) is 44.2 Å². The average molecular weight is 603 g/mol. The lowest BCUT2D eigenvalue weighted by Crippen LogP contribution is -2.58. The molecule has 2 fully saturated rings. The molecule has 3 rings (SSSR count). The molecule has 0 aromatic heterocycles. The van der Waals surface area contributed by atoms with Crippen LogP contribution in [0.3, 0.4) is 0 Å². The summed E-state index contributed by atoms with van der Waals surface area (Å²) in [5, 5.41) is 13.8. The summed E-state index contributed by atoms with van der Waals surface area (Å²) in [6.07, 6.45) is 3.06. The lowest BCUT2D eigenvalue weighted by molar-refractivity contribution is -0.139.